The average molecular weight is 231 g/mol. The van der Waals surface area contributed by atoms with Gasteiger partial charge in [0.1, 0.15) is 0 Å². The van der Waals surface area contributed by atoms with Crippen LogP contribution in [0.3, 0.4) is 0 Å². The van der Waals surface area contributed by atoms with Crippen LogP contribution in [0, 0.1) is 0 Å². The van der Waals surface area contributed by atoms with Gasteiger partial charge >= 0.3 is 5.97 Å². The van der Waals surface area contributed by atoms with Crippen LogP contribution >= 0.6 is 0 Å². The van der Waals surface area contributed by atoms with Gasteiger partial charge in [-0.15, -0.1) is 0 Å². The highest BCUT2D eigenvalue weighted by molar-refractivity contribution is 5.81. The summed E-state index contributed by atoms with van der Waals surface area (Å²) in [6.45, 7) is 2.26. The molecular weight excluding hydrogens is 214 g/mol. The highest BCUT2D eigenvalue weighted by atomic mass is 16.5. The third-order valence-electron chi connectivity index (χ3n) is 2.46. The van der Waals surface area contributed by atoms with Gasteiger partial charge in [0.25, 0.3) is 0 Å². The maximum Gasteiger partial charge on any atom is 0.306 e. The molecule has 0 radical (unpaired) electrons. The number of esters is 1. The monoisotopic (exact) mass is 231 g/mol. The van der Waals surface area contributed by atoms with E-state index in [0.29, 0.717) is 6.61 Å². The lowest BCUT2D eigenvalue weighted by atomic mass is 10.3. The number of carbonyl (C=O) groups is 2. The van der Waals surface area contributed by atoms with E-state index in [4.69, 9.17) is 0 Å². The maximum absolute atomic E-state index is 11.5. The Morgan fingerprint density at radius 1 is 1.25 bits per heavy atom. The van der Waals surface area contributed by atoms with Crippen LogP contribution in [0.4, 0.5) is 0 Å². The van der Waals surface area contributed by atoms with Gasteiger partial charge in [-0.25, -0.2) is 0 Å². The molecule has 1 heterocycles. The normalized spacial score (nSPS) is 24.6. The third-order valence-corrected chi connectivity index (χ3v) is 2.46. The second kappa shape index (κ2) is 5.81. The number of aliphatic hydroxyl groups is 2. The number of carbonyl (C=O) groups excluding carboxylic acids is 2. The lowest BCUT2D eigenvalue weighted by Crippen LogP contribution is -2.30. The number of rotatable bonds is 4. The molecule has 1 rings (SSSR count). The topological polar surface area (TPSA) is 87.1 Å². The zero-order chi connectivity index (χ0) is 12.1. The molecule has 0 aromatic rings. The Hall–Kier alpha value is -1.14. The fourth-order valence-electron chi connectivity index (χ4n) is 1.57. The molecule has 92 valence electrons. The molecule has 2 N–H and O–H groups in total. The van der Waals surface area contributed by atoms with Gasteiger partial charge in [0.2, 0.25) is 5.91 Å². The van der Waals surface area contributed by atoms with Crippen LogP contribution in [0.15, 0.2) is 0 Å². The van der Waals surface area contributed by atoms with E-state index in [1.165, 1.54) is 4.90 Å². The van der Waals surface area contributed by atoms with E-state index in [0.717, 1.165) is 0 Å². The van der Waals surface area contributed by atoms with Crippen molar-refractivity contribution in [2.75, 3.05) is 19.7 Å². The molecule has 0 aliphatic carbocycles. The Balaban J connectivity index is 2.28. The van der Waals surface area contributed by atoms with Gasteiger partial charge in [-0.05, 0) is 6.92 Å². The quantitative estimate of drug-likeness (QED) is 0.599. The molecule has 0 aromatic carbocycles. The van der Waals surface area contributed by atoms with E-state index in [9.17, 15) is 19.8 Å². The van der Waals surface area contributed by atoms with Crippen molar-refractivity contribution >= 4 is 11.9 Å². The number of aliphatic hydroxyl groups excluding tert-OH is 2. The standard InChI is InChI=1S/C10H17NO5/c1-2-16-10(15)4-3-9(14)11-5-7(12)8(13)6-11/h7-8,12-13H,2-6H2,1H3. The molecule has 2 unspecified atom stereocenters. The first-order valence-electron chi connectivity index (χ1n) is 5.34. The van der Waals surface area contributed by atoms with Gasteiger partial charge < -0.3 is 19.8 Å². The number of hydrogen-bond acceptors (Lipinski definition) is 5. The van der Waals surface area contributed by atoms with Gasteiger partial charge in [0.15, 0.2) is 0 Å². The molecular formula is C10H17NO5. The average Bonchev–Trinajstić information content (AvgIpc) is 2.56. The van der Waals surface area contributed by atoms with Crippen molar-refractivity contribution in [1.82, 2.24) is 4.90 Å². The molecule has 6 heteroatoms. The van der Waals surface area contributed by atoms with E-state index < -0.39 is 18.2 Å². The van der Waals surface area contributed by atoms with E-state index in [1.54, 1.807) is 6.92 Å². The molecule has 0 aromatic heterocycles. The Kier molecular flexibility index (Phi) is 4.70. The summed E-state index contributed by atoms with van der Waals surface area (Å²) in [5, 5.41) is 18.5. The molecule has 1 amide bonds. The van der Waals surface area contributed by atoms with E-state index in [1.807, 2.05) is 0 Å². The number of β-amino-alcohol motifs (C(OH)–C–C–N with tert-alkyl or cyclic N) is 2. The van der Waals surface area contributed by atoms with Crippen LogP contribution in [0.2, 0.25) is 0 Å². The summed E-state index contributed by atoms with van der Waals surface area (Å²) in [6.07, 6.45) is -1.67. The van der Waals surface area contributed by atoms with Gasteiger partial charge in [-0.3, -0.25) is 9.59 Å². The highest BCUT2D eigenvalue weighted by Crippen LogP contribution is 2.12. The van der Waals surface area contributed by atoms with Crippen molar-refractivity contribution in [2.24, 2.45) is 0 Å². The van der Waals surface area contributed by atoms with E-state index in [2.05, 4.69) is 4.74 Å². The van der Waals surface area contributed by atoms with Gasteiger partial charge in [-0.1, -0.05) is 0 Å². The molecule has 0 saturated carbocycles. The zero-order valence-corrected chi connectivity index (χ0v) is 9.26. The van der Waals surface area contributed by atoms with Crippen LogP contribution in [-0.2, 0) is 14.3 Å². The molecule has 0 bridgehead atoms. The van der Waals surface area contributed by atoms with Crippen molar-refractivity contribution in [2.45, 2.75) is 32.0 Å². The molecule has 0 spiro atoms. The lowest BCUT2D eigenvalue weighted by Gasteiger charge is -2.14. The predicted molar refractivity (Wildman–Crippen MR) is 54.5 cm³/mol. The first-order chi connectivity index (χ1) is 7.54. The van der Waals surface area contributed by atoms with Gasteiger partial charge in [0.05, 0.1) is 25.2 Å². The van der Waals surface area contributed by atoms with Crippen molar-refractivity contribution in [3.05, 3.63) is 0 Å². The Morgan fingerprint density at radius 2 is 1.81 bits per heavy atom. The number of nitrogens with zero attached hydrogens (tertiary/aromatic N) is 1. The van der Waals surface area contributed by atoms with Gasteiger partial charge in [-0.2, -0.15) is 0 Å². The van der Waals surface area contributed by atoms with Crippen LogP contribution in [0.25, 0.3) is 0 Å². The first kappa shape index (κ1) is 12.9. The molecule has 1 aliphatic heterocycles. The van der Waals surface area contributed by atoms with E-state index in [-0.39, 0.29) is 31.8 Å². The van der Waals surface area contributed by atoms with Crippen molar-refractivity contribution in [3.63, 3.8) is 0 Å². The minimum Gasteiger partial charge on any atom is -0.466 e. The van der Waals surface area contributed by atoms with Crippen LogP contribution in [0.1, 0.15) is 19.8 Å². The van der Waals surface area contributed by atoms with Gasteiger partial charge in [0, 0.05) is 19.5 Å². The van der Waals surface area contributed by atoms with Crippen LogP contribution in [0.5, 0.6) is 0 Å². The lowest BCUT2D eigenvalue weighted by molar-refractivity contribution is -0.145. The fraction of sp³-hybridized carbons (Fsp3) is 0.800. The summed E-state index contributed by atoms with van der Waals surface area (Å²) < 4.78 is 4.69. The SMILES string of the molecule is CCOC(=O)CCC(=O)N1CC(O)C(O)C1. The van der Waals surface area contributed by atoms with Crippen LogP contribution < -0.4 is 0 Å². The summed E-state index contributed by atoms with van der Waals surface area (Å²) in [6, 6.07) is 0. The van der Waals surface area contributed by atoms with Crippen molar-refractivity contribution in [1.29, 1.82) is 0 Å². The Morgan fingerprint density at radius 3 is 2.31 bits per heavy atom. The number of hydrogen-bond donors (Lipinski definition) is 2. The summed E-state index contributed by atoms with van der Waals surface area (Å²) in [4.78, 5) is 23.9. The first-order valence-corrected chi connectivity index (χ1v) is 5.34. The number of ether oxygens (including phenoxy) is 1. The number of amides is 1. The molecule has 6 nitrogen and oxygen atoms in total. The minimum atomic E-state index is -0.883. The highest BCUT2D eigenvalue weighted by Gasteiger charge is 2.32. The molecule has 16 heavy (non-hydrogen) atoms. The molecule has 1 aliphatic rings. The molecule has 1 fully saturated rings. The van der Waals surface area contributed by atoms with Crippen LogP contribution in [-0.4, -0.2) is 58.9 Å². The minimum absolute atomic E-state index is 0.0371. The second-order valence-corrected chi connectivity index (χ2v) is 3.74. The predicted octanol–water partition coefficient (Wildman–Crippen LogP) is -1.11. The maximum atomic E-state index is 11.5. The summed E-state index contributed by atoms with van der Waals surface area (Å²) in [5.41, 5.74) is 0. The fourth-order valence-corrected chi connectivity index (χ4v) is 1.57. The molecule has 1 saturated heterocycles. The largest absolute Gasteiger partial charge is 0.466 e. The smallest absolute Gasteiger partial charge is 0.306 e. The van der Waals surface area contributed by atoms with Crippen molar-refractivity contribution in [3.8, 4) is 0 Å². The third kappa shape index (κ3) is 3.46. The summed E-state index contributed by atoms with van der Waals surface area (Å²) >= 11 is 0. The Labute approximate surface area is 93.8 Å². The molecule has 2 atom stereocenters. The summed E-state index contributed by atoms with van der Waals surface area (Å²) in [5.74, 6) is -0.653. The Bertz CT molecular complexity index is 258. The second-order valence-electron chi connectivity index (χ2n) is 3.74. The zero-order valence-electron chi connectivity index (χ0n) is 9.26. The van der Waals surface area contributed by atoms with Crippen molar-refractivity contribution < 1.29 is 24.5 Å². The number of likely N-dealkylation sites (tertiary alicyclic amines) is 1. The summed E-state index contributed by atoms with van der Waals surface area (Å²) in [7, 11) is 0. The van der Waals surface area contributed by atoms with E-state index >= 15 is 0 Å².